The zero-order valence-corrected chi connectivity index (χ0v) is 17.9. The quantitative estimate of drug-likeness (QED) is 0.568. The van der Waals surface area contributed by atoms with Gasteiger partial charge in [0.25, 0.3) is 0 Å². The summed E-state index contributed by atoms with van der Waals surface area (Å²) < 4.78 is 39.5. The maximum Gasteiger partial charge on any atom is 0.418 e. The Kier molecular flexibility index (Phi) is 8.36. The minimum Gasteiger partial charge on any atom is -0.326 e. The van der Waals surface area contributed by atoms with E-state index in [0.717, 1.165) is 6.07 Å². The second-order valence-electron chi connectivity index (χ2n) is 7.08. The maximum atomic E-state index is 13.2. The number of hydrogen-bond acceptors (Lipinski definition) is 4. The molecule has 2 aromatic rings. The number of amides is 3. The van der Waals surface area contributed by atoms with Gasteiger partial charge >= 0.3 is 6.18 Å². The fourth-order valence-corrected chi connectivity index (χ4v) is 2.99. The van der Waals surface area contributed by atoms with Gasteiger partial charge in [-0.25, -0.2) is 0 Å². The van der Waals surface area contributed by atoms with Gasteiger partial charge < -0.3 is 16.0 Å². The molecule has 1 atom stereocenters. The molecule has 0 saturated heterocycles. The molecule has 3 N–H and O–H groups in total. The number of rotatable bonds is 8. The summed E-state index contributed by atoms with van der Waals surface area (Å²) in [5.74, 6) is -1.27. The smallest absolute Gasteiger partial charge is 0.326 e. The largest absolute Gasteiger partial charge is 0.418 e. The number of para-hydroxylation sites is 1. The van der Waals surface area contributed by atoms with Gasteiger partial charge in [-0.3, -0.25) is 19.3 Å². The molecule has 0 aliphatic carbocycles. The number of nitrogens with zero attached hydrogens (tertiary/aromatic N) is 1. The van der Waals surface area contributed by atoms with Crippen molar-refractivity contribution in [2.75, 3.05) is 29.0 Å². The van der Waals surface area contributed by atoms with Crippen LogP contribution in [0.1, 0.15) is 26.3 Å². The fourth-order valence-electron chi connectivity index (χ4n) is 2.99. The molecule has 0 radical (unpaired) electrons. The lowest BCUT2D eigenvalue weighted by Gasteiger charge is -2.26. The monoisotopic (exact) mass is 450 g/mol. The van der Waals surface area contributed by atoms with Crippen molar-refractivity contribution in [3.63, 3.8) is 0 Å². The highest BCUT2D eigenvalue weighted by molar-refractivity contribution is 5.97. The first-order chi connectivity index (χ1) is 15.0. The van der Waals surface area contributed by atoms with Gasteiger partial charge in [0, 0.05) is 18.3 Å². The van der Waals surface area contributed by atoms with Crippen LogP contribution in [0.3, 0.4) is 0 Å². The van der Waals surface area contributed by atoms with Crippen molar-refractivity contribution in [2.24, 2.45) is 0 Å². The Hall–Kier alpha value is -3.40. The van der Waals surface area contributed by atoms with E-state index in [9.17, 15) is 27.6 Å². The number of anilines is 3. The minimum atomic E-state index is -4.60. The van der Waals surface area contributed by atoms with Gasteiger partial charge in [0.05, 0.1) is 23.8 Å². The molecule has 172 valence electrons. The van der Waals surface area contributed by atoms with E-state index in [1.54, 1.807) is 31.2 Å². The highest BCUT2D eigenvalue weighted by atomic mass is 19.4. The van der Waals surface area contributed by atoms with Crippen molar-refractivity contribution in [3.8, 4) is 0 Å². The van der Waals surface area contributed by atoms with E-state index in [1.165, 1.54) is 36.9 Å². The molecule has 0 aliphatic rings. The number of carbonyl (C=O) groups is 3. The van der Waals surface area contributed by atoms with Gasteiger partial charge in [-0.05, 0) is 49.9 Å². The van der Waals surface area contributed by atoms with Crippen LogP contribution in [0.4, 0.5) is 30.2 Å². The van der Waals surface area contributed by atoms with Gasteiger partial charge in [-0.15, -0.1) is 0 Å². The van der Waals surface area contributed by atoms with E-state index in [0.29, 0.717) is 17.9 Å². The van der Waals surface area contributed by atoms with Crippen LogP contribution >= 0.6 is 0 Å². The topological polar surface area (TPSA) is 90.5 Å². The van der Waals surface area contributed by atoms with Crippen LogP contribution in [0.5, 0.6) is 0 Å². The Balaban J connectivity index is 2.00. The summed E-state index contributed by atoms with van der Waals surface area (Å²) >= 11 is 0. The number of hydrogen-bond donors (Lipinski definition) is 3. The standard InChI is InChI=1S/C22H25F3N4O3/c1-4-29(13-20(31)27-17-11-9-16(10-12-17)26-15(3)30)14(2)21(32)28-19-8-6-5-7-18(19)22(23,24)25/h5-12,14H,4,13H2,1-3H3,(H,26,30)(H,27,31)(H,28,32). The van der Waals surface area contributed by atoms with E-state index in [-0.39, 0.29) is 18.1 Å². The molecular weight excluding hydrogens is 425 g/mol. The zero-order valence-electron chi connectivity index (χ0n) is 17.9. The Morgan fingerprint density at radius 3 is 2.03 bits per heavy atom. The molecule has 0 heterocycles. The lowest BCUT2D eigenvalue weighted by Crippen LogP contribution is -2.45. The van der Waals surface area contributed by atoms with Crippen LogP contribution in [-0.2, 0) is 20.6 Å². The van der Waals surface area contributed by atoms with Crippen molar-refractivity contribution in [2.45, 2.75) is 33.0 Å². The molecule has 0 saturated carbocycles. The average Bonchev–Trinajstić information content (AvgIpc) is 2.72. The third kappa shape index (κ3) is 7.09. The van der Waals surface area contributed by atoms with Gasteiger partial charge in [0.1, 0.15) is 0 Å². The molecule has 32 heavy (non-hydrogen) atoms. The number of halogens is 3. The summed E-state index contributed by atoms with van der Waals surface area (Å²) in [6.45, 7) is 4.82. The summed E-state index contributed by atoms with van der Waals surface area (Å²) in [6.07, 6.45) is -4.60. The van der Waals surface area contributed by atoms with Crippen molar-refractivity contribution in [1.82, 2.24) is 4.90 Å². The van der Waals surface area contributed by atoms with E-state index in [4.69, 9.17) is 0 Å². The molecule has 2 aromatic carbocycles. The molecule has 0 aliphatic heterocycles. The zero-order chi connectivity index (χ0) is 23.9. The third-order valence-corrected chi connectivity index (χ3v) is 4.66. The average molecular weight is 450 g/mol. The van der Waals surface area contributed by atoms with Crippen LogP contribution in [0.2, 0.25) is 0 Å². The lowest BCUT2D eigenvalue weighted by atomic mass is 10.1. The van der Waals surface area contributed by atoms with E-state index in [2.05, 4.69) is 16.0 Å². The van der Waals surface area contributed by atoms with Crippen LogP contribution in [-0.4, -0.2) is 41.8 Å². The van der Waals surface area contributed by atoms with Crippen molar-refractivity contribution in [1.29, 1.82) is 0 Å². The number of alkyl halides is 3. The number of nitrogens with one attached hydrogen (secondary N) is 3. The molecule has 1 unspecified atom stereocenters. The number of carbonyl (C=O) groups excluding carboxylic acids is 3. The van der Waals surface area contributed by atoms with Crippen LogP contribution in [0, 0.1) is 0 Å². The summed E-state index contributed by atoms with van der Waals surface area (Å²) in [7, 11) is 0. The van der Waals surface area contributed by atoms with Crippen molar-refractivity contribution in [3.05, 3.63) is 54.1 Å². The van der Waals surface area contributed by atoms with Crippen LogP contribution in [0.15, 0.2) is 48.5 Å². The van der Waals surface area contributed by atoms with E-state index < -0.39 is 29.6 Å². The molecule has 0 spiro atoms. The first kappa shape index (κ1) is 24.9. The molecular formula is C22H25F3N4O3. The van der Waals surface area contributed by atoms with Gasteiger partial charge in [-0.2, -0.15) is 13.2 Å². The van der Waals surface area contributed by atoms with Crippen LogP contribution < -0.4 is 16.0 Å². The second-order valence-corrected chi connectivity index (χ2v) is 7.08. The van der Waals surface area contributed by atoms with E-state index in [1.807, 2.05) is 0 Å². The first-order valence-corrected chi connectivity index (χ1v) is 9.90. The maximum absolute atomic E-state index is 13.2. The van der Waals surface area contributed by atoms with Crippen LogP contribution in [0.25, 0.3) is 0 Å². The summed E-state index contributed by atoms with van der Waals surface area (Å²) in [6, 6.07) is 10.3. The minimum absolute atomic E-state index is 0.139. The summed E-state index contributed by atoms with van der Waals surface area (Å²) in [5, 5.41) is 7.61. The number of likely N-dealkylation sites (N-methyl/N-ethyl adjacent to an activating group) is 1. The predicted molar refractivity (Wildman–Crippen MR) is 116 cm³/mol. The summed E-state index contributed by atoms with van der Waals surface area (Å²) in [4.78, 5) is 37.6. The van der Waals surface area contributed by atoms with Crippen molar-refractivity contribution < 1.29 is 27.6 Å². The highest BCUT2D eigenvalue weighted by Gasteiger charge is 2.34. The number of benzene rings is 2. The normalized spacial score (nSPS) is 12.2. The van der Waals surface area contributed by atoms with E-state index >= 15 is 0 Å². The predicted octanol–water partition coefficient (Wildman–Crippen LogP) is 3.95. The third-order valence-electron chi connectivity index (χ3n) is 4.66. The molecule has 0 aromatic heterocycles. The Morgan fingerprint density at radius 1 is 0.938 bits per heavy atom. The molecule has 2 rings (SSSR count). The lowest BCUT2D eigenvalue weighted by molar-refractivity contribution is -0.137. The SMILES string of the molecule is CCN(CC(=O)Nc1ccc(NC(C)=O)cc1)C(C)C(=O)Nc1ccccc1C(F)(F)F. The molecule has 10 heteroatoms. The Bertz CT molecular complexity index is 962. The molecule has 3 amide bonds. The molecule has 0 bridgehead atoms. The van der Waals surface area contributed by atoms with Gasteiger partial charge in [-0.1, -0.05) is 19.1 Å². The van der Waals surface area contributed by atoms with Crippen molar-refractivity contribution >= 4 is 34.8 Å². The van der Waals surface area contributed by atoms with Gasteiger partial charge in [0.15, 0.2) is 0 Å². The summed E-state index contributed by atoms with van der Waals surface area (Å²) in [5.41, 5.74) is -0.202. The molecule has 7 nitrogen and oxygen atoms in total. The molecule has 0 fully saturated rings. The Labute approximate surface area is 184 Å². The first-order valence-electron chi connectivity index (χ1n) is 9.90. The second kappa shape index (κ2) is 10.8. The van der Waals surface area contributed by atoms with Gasteiger partial charge in [0.2, 0.25) is 17.7 Å². The highest BCUT2D eigenvalue weighted by Crippen LogP contribution is 2.34. The fraction of sp³-hybridized carbons (Fsp3) is 0.318. The Morgan fingerprint density at radius 2 is 1.50 bits per heavy atom.